The van der Waals surface area contributed by atoms with Gasteiger partial charge in [0.2, 0.25) is 0 Å². The van der Waals surface area contributed by atoms with Crippen molar-refractivity contribution in [1.82, 2.24) is 5.32 Å². The fraction of sp³-hybridized carbons (Fsp3) is 0.476. The molecule has 0 aliphatic carbocycles. The summed E-state index contributed by atoms with van der Waals surface area (Å²) in [4.78, 5) is 12.8. The van der Waals surface area contributed by atoms with Gasteiger partial charge in [-0.05, 0) is 27.8 Å². The van der Waals surface area contributed by atoms with E-state index in [0.717, 1.165) is 12.1 Å². The van der Waals surface area contributed by atoms with Crippen molar-refractivity contribution in [2.75, 3.05) is 19.7 Å². The Labute approximate surface area is 160 Å². The average Bonchev–Trinajstić information content (AvgIpc) is 3.10. The maximum atomic E-state index is 12.8. The summed E-state index contributed by atoms with van der Waals surface area (Å²) in [5.74, 6) is -0.0494. The van der Waals surface area contributed by atoms with Crippen LogP contribution in [0.5, 0.6) is 0 Å². The van der Waals surface area contributed by atoms with E-state index in [9.17, 15) is 9.90 Å². The van der Waals surface area contributed by atoms with Gasteiger partial charge in [-0.25, -0.2) is 0 Å². The third kappa shape index (κ3) is 7.38. The van der Waals surface area contributed by atoms with E-state index in [0.29, 0.717) is 18.5 Å². The summed E-state index contributed by atoms with van der Waals surface area (Å²) in [5.41, 5.74) is 1.86. The fourth-order valence-corrected chi connectivity index (χ4v) is 3.22. The number of nitrogens with one attached hydrogen (secondary N) is 1. The second-order valence-corrected chi connectivity index (χ2v) is 8.51. The fourth-order valence-electron chi connectivity index (χ4n) is 2.54. The number of ether oxygens (including phenoxy) is 1. The second-order valence-electron chi connectivity index (χ2n) is 7.73. The molecule has 1 heterocycles. The molecule has 0 aliphatic heterocycles. The molecule has 2 unspecified atom stereocenters. The largest absolute Gasteiger partial charge is 0.389 e. The van der Waals surface area contributed by atoms with Crippen molar-refractivity contribution in [3.05, 3.63) is 58.3 Å². The monoisotopic (exact) mass is 375 g/mol. The second kappa shape index (κ2) is 9.97. The van der Waals surface area contributed by atoms with E-state index in [1.165, 1.54) is 0 Å². The van der Waals surface area contributed by atoms with Crippen molar-refractivity contribution >= 4 is 17.1 Å². The van der Waals surface area contributed by atoms with Crippen LogP contribution < -0.4 is 5.32 Å². The average molecular weight is 376 g/mol. The maximum absolute atomic E-state index is 12.8. The quantitative estimate of drug-likeness (QED) is 0.624. The summed E-state index contributed by atoms with van der Waals surface area (Å²) in [5, 5.41) is 17.4. The zero-order chi connectivity index (χ0) is 19.0. The molecule has 1 aromatic carbocycles. The zero-order valence-corrected chi connectivity index (χ0v) is 16.6. The summed E-state index contributed by atoms with van der Waals surface area (Å²) in [6, 6.07) is 11.2. The Morgan fingerprint density at radius 1 is 1.23 bits per heavy atom. The summed E-state index contributed by atoms with van der Waals surface area (Å²) >= 11 is 1.60. The molecule has 0 spiro atoms. The van der Waals surface area contributed by atoms with Crippen LogP contribution in [0.15, 0.2) is 47.2 Å². The Morgan fingerprint density at radius 2 is 1.96 bits per heavy atom. The first-order chi connectivity index (χ1) is 12.3. The van der Waals surface area contributed by atoms with Crippen molar-refractivity contribution in [3.8, 4) is 0 Å². The number of aliphatic hydroxyl groups excluding tert-OH is 1. The first-order valence-corrected chi connectivity index (χ1v) is 9.90. The predicted molar refractivity (Wildman–Crippen MR) is 107 cm³/mol. The number of benzene rings is 1. The van der Waals surface area contributed by atoms with E-state index >= 15 is 0 Å². The van der Waals surface area contributed by atoms with Crippen LogP contribution in [0.3, 0.4) is 0 Å². The molecule has 142 valence electrons. The number of hydrogen-bond donors (Lipinski definition) is 2. The third-order valence-electron chi connectivity index (χ3n) is 3.88. The lowest BCUT2D eigenvalue weighted by atomic mass is 9.97. The van der Waals surface area contributed by atoms with Crippen LogP contribution in [0, 0.1) is 5.41 Å². The van der Waals surface area contributed by atoms with Gasteiger partial charge in [-0.15, -0.1) is 0 Å². The van der Waals surface area contributed by atoms with Crippen LogP contribution in [-0.2, 0) is 11.2 Å². The molecule has 0 bridgehead atoms. The SMILES string of the molecule is CC(C)(C)CNCC(O)COC(Cc1ccsc1)C(=O)c1ccccc1. The zero-order valence-electron chi connectivity index (χ0n) is 15.8. The number of Topliss-reactive ketones (excluding diaryl/α,β-unsaturated/α-hetero) is 1. The lowest BCUT2D eigenvalue weighted by Crippen LogP contribution is -2.37. The van der Waals surface area contributed by atoms with Gasteiger partial charge in [-0.3, -0.25) is 4.79 Å². The molecule has 0 amide bonds. The molecule has 2 rings (SSSR count). The Kier molecular flexibility index (Phi) is 7.97. The van der Waals surface area contributed by atoms with Gasteiger partial charge in [0.05, 0.1) is 12.7 Å². The standard InChI is InChI=1S/C21H29NO3S/c1-21(2,3)15-22-12-18(23)13-25-19(11-16-9-10-26-14-16)20(24)17-7-5-4-6-8-17/h4-10,14,18-19,22-23H,11-13,15H2,1-3H3. The molecule has 5 heteroatoms. The van der Waals surface area contributed by atoms with Crippen LogP contribution in [-0.4, -0.2) is 42.8 Å². The van der Waals surface area contributed by atoms with E-state index in [-0.39, 0.29) is 17.8 Å². The van der Waals surface area contributed by atoms with E-state index in [1.54, 1.807) is 23.5 Å². The van der Waals surface area contributed by atoms with Gasteiger partial charge in [0, 0.05) is 25.1 Å². The molecule has 26 heavy (non-hydrogen) atoms. The Balaban J connectivity index is 1.92. The van der Waals surface area contributed by atoms with Gasteiger partial charge < -0.3 is 15.2 Å². The van der Waals surface area contributed by atoms with Crippen LogP contribution >= 0.6 is 11.3 Å². The summed E-state index contributed by atoms with van der Waals surface area (Å²) < 4.78 is 5.84. The predicted octanol–water partition coefficient (Wildman–Crippen LogP) is 3.56. The van der Waals surface area contributed by atoms with Gasteiger partial charge in [-0.2, -0.15) is 11.3 Å². The number of rotatable bonds is 10. The number of ketones is 1. The number of aliphatic hydroxyl groups is 1. The van der Waals surface area contributed by atoms with Crippen LogP contribution in [0.4, 0.5) is 0 Å². The molecule has 0 saturated carbocycles. The summed E-state index contributed by atoms with van der Waals surface area (Å²) in [6.45, 7) is 7.80. The molecular weight excluding hydrogens is 346 g/mol. The summed E-state index contributed by atoms with van der Waals surface area (Å²) in [7, 11) is 0. The van der Waals surface area contributed by atoms with Gasteiger partial charge in [0.25, 0.3) is 0 Å². The van der Waals surface area contributed by atoms with Gasteiger partial charge in [0.1, 0.15) is 6.10 Å². The molecule has 4 nitrogen and oxygen atoms in total. The molecule has 0 saturated heterocycles. The van der Waals surface area contributed by atoms with Crippen molar-refractivity contribution in [2.24, 2.45) is 5.41 Å². The first kappa shape index (κ1) is 20.8. The number of hydrogen-bond acceptors (Lipinski definition) is 5. The molecule has 0 radical (unpaired) electrons. The minimum absolute atomic E-state index is 0.0494. The number of carbonyl (C=O) groups is 1. The number of thiophene rings is 1. The molecule has 2 atom stereocenters. The smallest absolute Gasteiger partial charge is 0.191 e. The third-order valence-corrected chi connectivity index (χ3v) is 4.61. The Morgan fingerprint density at radius 3 is 2.58 bits per heavy atom. The van der Waals surface area contributed by atoms with Crippen molar-refractivity contribution in [2.45, 2.75) is 39.4 Å². The minimum Gasteiger partial charge on any atom is -0.389 e. The maximum Gasteiger partial charge on any atom is 0.191 e. The van der Waals surface area contributed by atoms with Gasteiger partial charge in [-0.1, -0.05) is 51.1 Å². The van der Waals surface area contributed by atoms with Crippen LogP contribution in [0.2, 0.25) is 0 Å². The Hall–Kier alpha value is -1.53. The Bertz CT molecular complexity index is 650. The van der Waals surface area contributed by atoms with Crippen molar-refractivity contribution < 1.29 is 14.6 Å². The molecule has 0 fully saturated rings. The molecule has 2 N–H and O–H groups in total. The highest BCUT2D eigenvalue weighted by molar-refractivity contribution is 7.07. The van der Waals surface area contributed by atoms with Crippen molar-refractivity contribution in [3.63, 3.8) is 0 Å². The topological polar surface area (TPSA) is 58.6 Å². The lowest BCUT2D eigenvalue weighted by molar-refractivity contribution is -0.00208. The molecule has 0 aliphatic rings. The molecular formula is C21H29NO3S. The minimum atomic E-state index is -0.647. The molecule has 1 aromatic heterocycles. The van der Waals surface area contributed by atoms with Gasteiger partial charge >= 0.3 is 0 Å². The van der Waals surface area contributed by atoms with Crippen LogP contribution in [0.25, 0.3) is 0 Å². The van der Waals surface area contributed by atoms with Crippen molar-refractivity contribution in [1.29, 1.82) is 0 Å². The van der Waals surface area contributed by atoms with E-state index in [4.69, 9.17) is 4.74 Å². The first-order valence-electron chi connectivity index (χ1n) is 8.96. The van der Waals surface area contributed by atoms with Crippen LogP contribution in [0.1, 0.15) is 36.7 Å². The highest BCUT2D eigenvalue weighted by Crippen LogP contribution is 2.15. The molecule has 2 aromatic rings. The van der Waals surface area contributed by atoms with E-state index < -0.39 is 12.2 Å². The summed E-state index contributed by atoms with van der Waals surface area (Å²) in [6.07, 6.45) is -0.727. The highest BCUT2D eigenvalue weighted by atomic mass is 32.1. The van der Waals surface area contributed by atoms with Gasteiger partial charge in [0.15, 0.2) is 5.78 Å². The van der Waals surface area contributed by atoms with E-state index in [1.807, 2.05) is 35.0 Å². The highest BCUT2D eigenvalue weighted by Gasteiger charge is 2.23. The van der Waals surface area contributed by atoms with E-state index in [2.05, 4.69) is 26.1 Å². The normalized spacial score (nSPS) is 14.2. The number of carbonyl (C=O) groups excluding carboxylic acids is 1. The lowest BCUT2D eigenvalue weighted by Gasteiger charge is -2.22.